The number of nitrogens with one attached hydrogen (secondary N) is 1. The van der Waals surface area contributed by atoms with Gasteiger partial charge in [0.15, 0.2) is 0 Å². The van der Waals surface area contributed by atoms with Gasteiger partial charge in [0.1, 0.15) is 5.76 Å². The SMILES string of the molecule is CC1NC(C)C1Cc1ccco1. The standard InChI is InChI=1S/C10H15NO/c1-7-10(8(2)11-7)6-9-4-3-5-12-9/h3-5,7-8,10-11H,6H2,1-2H3. The molecule has 0 spiro atoms. The summed E-state index contributed by atoms with van der Waals surface area (Å²) in [6.45, 7) is 4.46. The summed E-state index contributed by atoms with van der Waals surface area (Å²) in [4.78, 5) is 0. The lowest BCUT2D eigenvalue weighted by molar-refractivity contribution is 0.162. The molecule has 66 valence electrons. The highest BCUT2D eigenvalue weighted by atomic mass is 16.3. The molecule has 1 aliphatic rings. The zero-order chi connectivity index (χ0) is 8.55. The number of furan rings is 1. The van der Waals surface area contributed by atoms with Crippen molar-refractivity contribution in [2.45, 2.75) is 32.4 Å². The first-order valence-corrected chi connectivity index (χ1v) is 4.56. The second-order valence-corrected chi connectivity index (χ2v) is 3.69. The summed E-state index contributed by atoms with van der Waals surface area (Å²) in [5, 5.41) is 3.43. The molecule has 2 heteroatoms. The van der Waals surface area contributed by atoms with Gasteiger partial charge in [-0.15, -0.1) is 0 Å². The molecule has 0 bridgehead atoms. The van der Waals surface area contributed by atoms with Crippen LogP contribution in [0.3, 0.4) is 0 Å². The first-order valence-electron chi connectivity index (χ1n) is 4.56. The smallest absolute Gasteiger partial charge is 0.104 e. The van der Waals surface area contributed by atoms with Crippen molar-refractivity contribution in [2.24, 2.45) is 5.92 Å². The van der Waals surface area contributed by atoms with Crippen LogP contribution in [0.2, 0.25) is 0 Å². The minimum absolute atomic E-state index is 0.644. The predicted octanol–water partition coefficient (Wildman–Crippen LogP) is 1.82. The van der Waals surface area contributed by atoms with Crippen LogP contribution in [0.25, 0.3) is 0 Å². The number of hydrogen-bond donors (Lipinski definition) is 1. The summed E-state index contributed by atoms with van der Waals surface area (Å²) in [5.41, 5.74) is 0. The van der Waals surface area contributed by atoms with E-state index in [0.29, 0.717) is 12.1 Å². The molecular weight excluding hydrogens is 150 g/mol. The third kappa shape index (κ3) is 1.27. The molecule has 2 rings (SSSR count). The van der Waals surface area contributed by atoms with Gasteiger partial charge >= 0.3 is 0 Å². The maximum atomic E-state index is 5.31. The van der Waals surface area contributed by atoms with Crippen molar-refractivity contribution < 1.29 is 4.42 Å². The molecule has 2 unspecified atom stereocenters. The molecule has 1 fully saturated rings. The molecule has 0 radical (unpaired) electrons. The minimum atomic E-state index is 0.644. The highest BCUT2D eigenvalue weighted by molar-refractivity contribution is 5.04. The van der Waals surface area contributed by atoms with Gasteiger partial charge < -0.3 is 9.73 Å². The molecule has 2 nitrogen and oxygen atoms in total. The molecule has 0 amide bonds. The van der Waals surface area contributed by atoms with Crippen LogP contribution in [0.4, 0.5) is 0 Å². The number of hydrogen-bond acceptors (Lipinski definition) is 2. The quantitative estimate of drug-likeness (QED) is 0.723. The Morgan fingerprint density at radius 3 is 2.67 bits per heavy atom. The van der Waals surface area contributed by atoms with E-state index >= 15 is 0 Å². The van der Waals surface area contributed by atoms with Gasteiger partial charge in [0.05, 0.1) is 6.26 Å². The fraction of sp³-hybridized carbons (Fsp3) is 0.600. The van der Waals surface area contributed by atoms with Crippen molar-refractivity contribution in [1.82, 2.24) is 5.32 Å². The van der Waals surface area contributed by atoms with E-state index in [1.807, 2.05) is 6.07 Å². The number of rotatable bonds is 2. The molecule has 1 aromatic rings. The molecule has 1 aliphatic heterocycles. The largest absolute Gasteiger partial charge is 0.469 e. The fourth-order valence-electron chi connectivity index (χ4n) is 1.99. The van der Waals surface area contributed by atoms with Crippen LogP contribution >= 0.6 is 0 Å². The fourth-order valence-corrected chi connectivity index (χ4v) is 1.99. The molecule has 2 heterocycles. The van der Waals surface area contributed by atoms with E-state index in [-0.39, 0.29) is 0 Å². The van der Waals surface area contributed by atoms with Gasteiger partial charge in [0.25, 0.3) is 0 Å². The Balaban J connectivity index is 1.95. The van der Waals surface area contributed by atoms with Crippen LogP contribution in [-0.2, 0) is 6.42 Å². The summed E-state index contributed by atoms with van der Waals surface area (Å²) in [5.74, 6) is 1.86. The molecule has 0 saturated carbocycles. The zero-order valence-corrected chi connectivity index (χ0v) is 7.58. The van der Waals surface area contributed by atoms with Crippen molar-refractivity contribution in [2.75, 3.05) is 0 Å². The molecule has 1 saturated heterocycles. The van der Waals surface area contributed by atoms with E-state index in [9.17, 15) is 0 Å². The van der Waals surface area contributed by atoms with Gasteiger partial charge in [0, 0.05) is 18.5 Å². The van der Waals surface area contributed by atoms with Crippen LogP contribution in [0, 0.1) is 5.92 Å². The molecule has 0 aromatic carbocycles. The van der Waals surface area contributed by atoms with Crippen LogP contribution in [0.5, 0.6) is 0 Å². The van der Waals surface area contributed by atoms with Crippen molar-refractivity contribution in [3.8, 4) is 0 Å². The summed E-state index contributed by atoms with van der Waals surface area (Å²) in [6.07, 6.45) is 2.82. The van der Waals surface area contributed by atoms with Crippen LogP contribution in [-0.4, -0.2) is 12.1 Å². The molecular formula is C10H15NO. The van der Waals surface area contributed by atoms with E-state index in [0.717, 1.165) is 18.1 Å². The third-order valence-electron chi connectivity index (χ3n) is 2.83. The summed E-state index contributed by atoms with van der Waals surface area (Å²) in [6, 6.07) is 5.30. The molecule has 0 aliphatic carbocycles. The van der Waals surface area contributed by atoms with Crippen molar-refractivity contribution in [3.63, 3.8) is 0 Å². The Hall–Kier alpha value is -0.760. The molecule has 1 aromatic heterocycles. The van der Waals surface area contributed by atoms with Gasteiger partial charge in [-0.05, 0) is 31.9 Å². The van der Waals surface area contributed by atoms with E-state index in [2.05, 4.69) is 25.2 Å². The molecule has 12 heavy (non-hydrogen) atoms. The second kappa shape index (κ2) is 2.94. The maximum Gasteiger partial charge on any atom is 0.104 e. The Morgan fingerprint density at radius 2 is 2.17 bits per heavy atom. The van der Waals surface area contributed by atoms with Crippen molar-refractivity contribution in [1.29, 1.82) is 0 Å². The predicted molar refractivity (Wildman–Crippen MR) is 48.0 cm³/mol. The van der Waals surface area contributed by atoms with E-state index in [1.165, 1.54) is 0 Å². The first kappa shape index (κ1) is 7.87. The first-order chi connectivity index (χ1) is 5.77. The highest BCUT2D eigenvalue weighted by Crippen LogP contribution is 2.24. The second-order valence-electron chi connectivity index (χ2n) is 3.69. The summed E-state index contributed by atoms with van der Waals surface area (Å²) < 4.78 is 5.31. The normalized spacial score (nSPS) is 34.7. The Labute approximate surface area is 73.0 Å². The monoisotopic (exact) mass is 165 g/mol. The van der Waals surface area contributed by atoms with Gasteiger partial charge in [-0.3, -0.25) is 0 Å². The van der Waals surface area contributed by atoms with E-state index < -0.39 is 0 Å². The van der Waals surface area contributed by atoms with Crippen LogP contribution in [0.1, 0.15) is 19.6 Å². The molecule has 1 N–H and O–H groups in total. The van der Waals surface area contributed by atoms with Crippen molar-refractivity contribution >= 4 is 0 Å². The average molecular weight is 165 g/mol. The Kier molecular flexibility index (Phi) is 1.93. The maximum absolute atomic E-state index is 5.31. The topological polar surface area (TPSA) is 25.2 Å². The van der Waals surface area contributed by atoms with E-state index in [1.54, 1.807) is 6.26 Å². The summed E-state index contributed by atoms with van der Waals surface area (Å²) in [7, 11) is 0. The van der Waals surface area contributed by atoms with Gasteiger partial charge in [0.2, 0.25) is 0 Å². The van der Waals surface area contributed by atoms with Crippen molar-refractivity contribution in [3.05, 3.63) is 24.2 Å². The van der Waals surface area contributed by atoms with Gasteiger partial charge in [-0.1, -0.05) is 0 Å². The lowest BCUT2D eigenvalue weighted by Crippen LogP contribution is -2.59. The van der Waals surface area contributed by atoms with Crippen LogP contribution in [0.15, 0.2) is 22.8 Å². The zero-order valence-electron chi connectivity index (χ0n) is 7.58. The molecule has 2 atom stereocenters. The average Bonchev–Trinajstić information content (AvgIpc) is 2.52. The highest BCUT2D eigenvalue weighted by Gasteiger charge is 2.34. The van der Waals surface area contributed by atoms with Gasteiger partial charge in [-0.25, -0.2) is 0 Å². The lowest BCUT2D eigenvalue weighted by atomic mass is 9.81. The summed E-state index contributed by atoms with van der Waals surface area (Å²) >= 11 is 0. The minimum Gasteiger partial charge on any atom is -0.469 e. The Morgan fingerprint density at radius 1 is 1.42 bits per heavy atom. The lowest BCUT2D eigenvalue weighted by Gasteiger charge is -2.42. The van der Waals surface area contributed by atoms with Crippen LogP contribution < -0.4 is 5.32 Å². The third-order valence-corrected chi connectivity index (χ3v) is 2.83. The van der Waals surface area contributed by atoms with Gasteiger partial charge in [-0.2, -0.15) is 0 Å². The Bertz CT molecular complexity index is 234. The van der Waals surface area contributed by atoms with E-state index in [4.69, 9.17) is 4.42 Å².